The number of fused-ring (bicyclic) bond motifs is 3. The number of aryl methyl sites for hydroxylation is 2. The lowest BCUT2D eigenvalue weighted by atomic mass is 9.82. The van der Waals surface area contributed by atoms with E-state index in [4.69, 9.17) is 0 Å². The standard InChI is InChI=1S/C41H35N/c1-28-25-33(31-15-9-6-10-16-31)26-29(2)40(28)42(34-21-19-32(20-22-34)30-13-7-5-8-14-30)35-23-24-37-36-17-11-12-18-38(36)41(3,4)39(37)27-35/h5-27H,1-4H3. The first-order valence-corrected chi connectivity index (χ1v) is 14.8. The highest BCUT2D eigenvalue weighted by Crippen LogP contribution is 2.51. The summed E-state index contributed by atoms with van der Waals surface area (Å²) in [4.78, 5) is 2.45. The molecule has 0 fully saturated rings. The van der Waals surface area contributed by atoms with Crippen molar-refractivity contribution in [3.8, 4) is 33.4 Å². The van der Waals surface area contributed by atoms with Gasteiger partial charge in [0.2, 0.25) is 0 Å². The first-order chi connectivity index (χ1) is 20.4. The van der Waals surface area contributed by atoms with Crippen LogP contribution in [0.25, 0.3) is 33.4 Å². The minimum Gasteiger partial charge on any atom is -0.310 e. The molecule has 0 bridgehead atoms. The molecule has 6 aromatic rings. The van der Waals surface area contributed by atoms with Gasteiger partial charge in [0.15, 0.2) is 0 Å². The topological polar surface area (TPSA) is 3.24 Å². The van der Waals surface area contributed by atoms with Crippen LogP contribution in [-0.2, 0) is 5.41 Å². The van der Waals surface area contributed by atoms with Crippen LogP contribution in [0.4, 0.5) is 17.1 Å². The van der Waals surface area contributed by atoms with E-state index in [9.17, 15) is 0 Å². The fourth-order valence-corrected chi connectivity index (χ4v) is 6.78. The minimum absolute atomic E-state index is 0.0635. The van der Waals surface area contributed by atoms with Crippen LogP contribution in [0.1, 0.15) is 36.1 Å². The molecule has 7 rings (SSSR count). The Hall–Kier alpha value is -4.88. The van der Waals surface area contributed by atoms with Crippen LogP contribution in [-0.4, -0.2) is 0 Å². The molecule has 0 radical (unpaired) electrons. The summed E-state index contributed by atoms with van der Waals surface area (Å²) in [6.07, 6.45) is 0. The molecule has 1 aliphatic carbocycles. The molecule has 0 aromatic heterocycles. The summed E-state index contributed by atoms with van der Waals surface area (Å²) in [6, 6.07) is 50.9. The van der Waals surface area contributed by atoms with Gasteiger partial charge in [-0.05, 0) is 106 Å². The Bertz CT molecular complexity index is 1870. The average molecular weight is 542 g/mol. The van der Waals surface area contributed by atoms with Gasteiger partial charge in [-0.1, -0.05) is 117 Å². The third-order valence-corrected chi connectivity index (χ3v) is 8.88. The molecular weight excluding hydrogens is 506 g/mol. The van der Waals surface area contributed by atoms with Crippen molar-refractivity contribution in [2.24, 2.45) is 0 Å². The maximum atomic E-state index is 2.45. The molecule has 6 aromatic carbocycles. The van der Waals surface area contributed by atoms with Crippen LogP contribution in [0, 0.1) is 13.8 Å². The van der Waals surface area contributed by atoms with E-state index in [2.05, 4.69) is 172 Å². The Balaban J connectivity index is 1.40. The fraction of sp³-hybridized carbons (Fsp3) is 0.122. The second kappa shape index (κ2) is 10.2. The summed E-state index contributed by atoms with van der Waals surface area (Å²) in [6.45, 7) is 9.19. The van der Waals surface area contributed by atoms with Crippen LogP contribution in [0.3, 0.4) is 0 Å². The molecule has 1 heteroatoms. The minimum atomic E-state index is -0.0635. The molecule has 204 valence electrons. The van der Waals surface area contributed by atoms with Crippen LogP contribution in [0.2, 0.25) is 0 Å². The van der Waals surface area contributed by atoms with Gasteiger partial charge in [0.05, 0.1) is 5.69 Å². The van der Waals surface area contributed by atoms with E-state index in [1.165, 1.54) is 67.0 Å². The molecular formula is C41H35N. The zero-order valence-corrected chi connectivity index (χ0v) is 24.7. The van der Waals surface area contributed by atoms with Gasteiger partial charge in [-0.25, -0.2) is 0 Å². The first-order valence-electron chi connectivity index (χ1n) is 14.8. The summed E-state index contributed by atoms with van der Waals surface area (Å²) in [7, 11) is 0. The highest BCUT2D eigenvalue weighted by molar-refractivity contribution is 5.88. The zero-order chi connectivity index (χ0) is 28.8. The Labute approximate surface area is 249 Å². The molecule has 0 unspecified atom stereocenters. The maximum Gasteiger partial charge on any atom is 0.0520 e. The van der Waals surface area contributed by atoms with Gasteiger partial charge in [-0.15, -0.1) is 0 Å². The number of anilines is 3. The third kappa shape index (κ3) is 4.33. The summed E-state index contributed by atoms with van der Waals surface area (Å²) < 4.78 is 0. The van der Waals surface area contributed by atoms with Gasteiger partial charge < -0.3 is 4.90 Å². The summed E-state index contributed by atoms with van der Waals surface area (Å²) in [5.74, 6) is 0. The second-order valence-corrected chi connectivity index (χ2v) is 12.0. The SMILES string of the molecule is Cc1cc(-c2ccccc2)cc(C)c1N(c1ccc(-c2ccccc2)cc1)c1ccc2c(c1)C(C)(C)c1ccccc1-2. The highest BCUT2D eigenvalue weighted by Gasteiger charge is 2.35. The average Bonchev–Trinajstić information content (AvgIpc) is 3.26. The Morgan fingerprint density at radius 3 is 1.57 bits per heavy atom. The lowest BCUT2D eigenvalue weighted by Gasteiger charge is -2.31. The first kappa shape index (κ1) is 26.0. The van der Waals surface area contributed by atoms with Crippen LogP contribution in [0.15, 0.2) is 140 Å². The molecule has 0 atom stereocenters. The van der Waals surface area contributed by atoms with Crippen molar-refractivity contribution in [2.75, 3.05) is 4.90 Å². The normalized spacial score (nSPS) is 13.0. The number of rotatable bonds is 5. The summed E-state index contributed by atoms with van der Waals surface area (Å²) in [5, 5.41) is 0. The summed E-state index contributed by atoms with van der Waals surface area (Å²) in [5.41, 5.74) is 16.4. The van der Waals surface area contributed by atoms with E-state index >= 15 is 0 Å². The van der Waals surface area contributed by atoms with E-state index in [1.54, 1.807) is 0 Å². The van der Waals surface area contributed by atoms with Crippen LogP contribution < -0.4 is 4.90 Å². The van der Waals surface area contributed by atoms with Gasteiger partial charge >= 0.3 is 0 Å². The second-order valence-electron chi connectivity index (χ2n) is 12.0. The number of hydrogen-bond acceptors (Lipinski definition) is 1. The maximum absolute atomic E-state index is 2.45. The molecule has 0 saturated carbocycles. The van der Waals surface area contributed by atoms with Crippen molar-refractivity contribution >= 4 is 17.1 Å². The van der Waals surface area contributed by atoms with E-state index in [0.717, 1.165) is 5.69 Å². The van der Waals surface area contributed by atoms with Gasteiger partial charge in [-0.3, -0.25) is 0 Å². The predicted molar refractivity (Wildman–Crippen MR) is 179 cm³/mol. The van der Waals surface area contributed by atoms with Crippen molar-refractivity contribution in [1.29, 1.82) is 0 Å². The molecule has 0 amide bonds. The lowest BCUT2D eigenvalue weighted by molar-refractivity contribution is 0.660. The van der Waals surface area contributed by atoms with Crippen molar-refractivity contribution in [2.45, 2.75) is 33.1 Å². The van der Waals surface area contributed by atoms with E-state index < -0.39 is 0 Å². The van der Waals surface area contributed by atoms with Crippen LogP contribution >= 0.6 is 0 Å². The van der Waals surface area contributed by atoms with Gasteiger partial charge in [0.25, 0.3) is 0 Å². The molecule has 0 heterocycles. The van der Waals surface area contributed by atoms with Crippen molar-refractivity contribution in [3.63, 3.8) is 0 Å². The van der Waals surface area contributed by atoms with Gasteiger partial charge in [-0.2, -0.15) is 0 Å². The van der Waals surface area contributed by atoms with E-state index in [0.29, 0.717) is 0 Å². The highest BCUT2D eigenvalue weighted by atomic mass is 15.1. The number of nitrogens with zero attached hydrogens (tertiary/aromatic N) is 1. The van der Waals surface area contributed by atoms with Gasteiger partial charge in [0.1, 0.15) is 0 Å². The predicted octanol–water partition coefficient (Wildman–Crippen LogP) is 11.4. The van der Waals surface area contributed by atoms with Crippen LogP contribution in [0.5, 0.6) is 0 Å². The molecule has 0 saturated heterocycles. The number of benzene rings is 6. The van der Waals surface area contributed by atoms with Gasteiger partial charge in [0, 0.05) is 16.8 Å². The molecule has 42 heavy (non-hydrogen) atoms. The Morgan fingerprint density at radius 1 is 0.429 bits per heavy atom. The van der Waals surface area contributed by atoms with Crippen molar-refractivity contribution < 1.29 is 0 Å². The van der Waals surface area contributed by atoms with E-state index in [1.807, 2.05) is 0 Å². The summed E-state index contributed by atoms with van der Waals surface area (Å²) >= 11 is 0. The van der Waals surface area contributed by atoms with E-state index in [-0.39, 0.29) is 5.41 Å². The molecule has 0 N–H and O–H groups in total. The zero-order valence-electron chi connectivity index (χ0n) is 24.7. The largest absolute Gasteiger partial charge is 0.310 e. The molecule has 0 spiro atoms. The lowest BCUT2D eigenvalue weighted by Crippen LogP contribution is -2.17. The third-order valence-electron chi connectivity index (χ3n) is 8.88. The van der Waals surface area contributed by atoms with Crippen molar-refractivity contribution in [3.05, 3.63) is 162 Å². The molecule has 1 nitrogen and oxygen atoms in total. The monoisotopic (exact) mass is 541 g/mol. The number of hydrogen-bond donors (Lipinski definition) is 0. The molecule has 0 aliphatic heterocycles. The Kier molecular flexibility index (Phi) is 6.32. The van der Waals surface area contributed by atoms with Crippen molar-refractivity contribution in [1.82, 2.24) is 0 Å². The Morgan fingerprint density at radius 2 is 0.929 bits per heavy atom. The smallest absolute Gasteiger partial charge is 0.0520 e. The molecule has 1 aliphatic rings. The quantitative estimate of drug-likeness (QED) is 0.210. The fourth-order valence-electron chi connectivity index (χ4n) is 6.78.